The van der Waals surface area contributed by atoms with E-state index in [2.05, 4.69) is 18.9 Å². The van der Waals surface area contributed by atoms with Crippen LogP contribution in [-0.4, -0.2) is 11.6 Å². The highest BCUT2D eigenvalue weighted by atomic mass is 16.2. The predicted octanol–water partition coefficient (Wildman–Crippen LogP) is 3.13. The molecule has 2 rings (SSSR count). The number of carbonyl (C=O) groups is 1. The van der Waals surface area contributed by atoms with E-state index in [1.807, 2.05) is 31.2 Å². The molecule has 3 heteroatoms. The van der Waals surface area contributed by atoms with Gasteiger partial charge in [-0.3, -0.25) is 4.79 Å². The fraction of sp³-hybridized carbons (Fsp3) is 0.429. The first kappa shape index (κ1) is 11.8. The topological polar surface area (TPSA) is 32.7 Å². The molecule has 0 atom stereocenters. The number of hydrogen-bond donors (Lipinski definition) is 0. The van der Waals surface area contributed by atoms with Gasteiger partial charge in [0.25, 0.3) is 5.91 Å². The molecule has 0 spiro atoms. The van der Waals surface area contributed by atoms with Crippen molar-refractivity contribution in [1.82, 2.24) is 0 Å². The third-order valence-corrected chi connectivity index (χ3v) is 2.72. The van der Waals surface area contributed by atoms with Crippen LogP contribution in [0.4, 0.5) is 5.69 Å². The number of aryl methyl sites for hydroxylation is 1. The van der Waals surface area contributed by atoms with Gasteiger partial charge in [-0.25, -0.2) is 5.01 Å². The lowest BCUT2D eigenvalue weighted by atomic mass is 10.1. The fourth-order valence-electron chi connectivity index (χ4n) is 2.03. The molecule has 3 nitrogen and oxygen atoms in total. The van der Waals surface area contributed by atoms with Gasteiger partial charge < -0.3 is 0 Å². The molecule has 0 radical (unpaired) electrons. The zero-order chi connectivity index (χ0) is 12.4. The van der Waals surface area contributed by atoms with Crippen LogP contribution < -0.4 is 5.01 Å². The Morgan fingerprint density at radius 2 is 2.18 bits per heavy atom. The van der Waals surface area contributed by atoms with Gasteiger partial charge in [-0.1, -0.05) is 26.0 Å². The van der Waals surface area contributed by atoms with E-state index in [4.69, 9.17) is 0 Å². The van der Waals surface area contributed by atoms with Gasteiger partial charge >= 0.3 is 0 Å². The normalized spacial score (nSPS) is 15.6. The maximum Gasteiger partial charge on any atom is 0.253 e. The monoisotopic (exact) mass is 230 g/mol. The van der Waals surface area contributed by atoms with Crippen molar-refractivity contribution in [3.05, 3.63) is 29.8 Å². The highest BCUT2D eigenvalue weighted by Crippen LogP contribution is 2.23. The predicted molar refractivity (Wildman–Crippen MR) is 70.2 cm³/mol. The van der Waals surface area contributed by atoms with Crippen LogP contribution in [0.3, 0.4) is 0 Å². The Morgan fingerprint density at radius 3 is 2.82 bits per heavy atom. The molecule has 1 aromatic carbocycles. The molecule has 1 aliphatic heterocycles. The molecule has 0 saturated carbocycles. The molecule has 0 bridgehead atoms. The van der Waals surface area contributed by atoms with E-state index in [1.54, 1.807) is 0 Å². The van der Waals surface area contributed by atoms with E-state index in [-0.39, 0.29) is 5.91 Å². The minimum Gasteiger partial charge on any atom is -0.272 e. The summed E-state index contributed by atoms with van der Waals surface area (Å²) in [7, 11) is 0. The van der Waals surface area contributed by atoms with E-state index in [0.717, 1.165) is 23.4 Å². The third kappa shape index (κ3) is 2.73. The van der Waals surface area contributed by atoms with Crippen LogP contribution in [0.25, 0.3) is 0 Å². The van der Waals surface area contributed by atoms with Crippen LogP contribution in [0.1, 0.15) is 32.3 Å². The standard InChI is InChI=1S/C14H18N2O/c1-10(2)7-12-9-14(17)16(15-12)13-6-4-5-11(3)8-13/h4-6,8,10H,7,9H2,1-3H3. The summed E-state index contributed by atoms with van der Waals surface area (Å²) in [6.07, 6.45) is 1.36. The smallest absolute Gasteiger partial charge is 0.253 e. The van der Waals surface area contributed by atoms with Gasteiger partial charge in [0.15, 0.2) is 0 Å². The summed E-state index contributed by atoms with van der Waals surface area (Å²) in [6.45, 7) is 6.30. The number of benzene rings is 1. The molecule has 1 aromatic rings. The second-order valence-corrected chi connectivity index (χ2v) is 4.99. The number of hydrazone groups is 1. The summed E-state index contributed by atoms with van der Waals surface area (Å²) in [5.74, 6) is 0.616. The van der Waals surface area contributed by atoms with Crippen molar-refractivity contribution in [3.8, 4) is 0 Å². The van der Waals surface area contributed by atoms with Crippen molar-refractivity contribution >= 4 is 17.3 Å². The highest BCUT2D eigenvalue weighted by molar-refractivity contribution is 6.13. The number of anilines is 1. The van der Waals surface area contributed by atoms with Crippen LogP contribution in [0.5, 0.6) is 0 Å². The van der Waals surface area contributed by atoms with Gasteiger partial charge in [0, 0.05) is 5.71 Å². The van der Waals surface area contributed by atoms with Gasteiger partial charge in [0.2, 0.25) is 0 Å². The maximum absolute atomic E-state index is 11.9. The Labute approximate surface area is 102 Å². The van der Waals surface area contributed by atoms with Crippen molar-refractivity contribution in [3.63, 3.8) is 0 Å². The molecule has 90 valence electrons. The quantitative estimate of drug-likeness (QED) is 0.785. The van der Waals surface area contributed by atoms with E-state index in [0.29, 0.717) is 12.3 Å². The summed E-state index contributed by atoms with van der Waals surface area (Å²) in [4.78, 5) is 11.9. The van der Waals surface area contributed by atoms with Crippen molar-refractivity contribution in [2.75, 3.05) is 5.01 Å². The second-order valence-electron chi connectivity index (χ2n) is 4.99. The fourth-order valence-corrected chi connectivity index (χ4v) is 2.03. The van der Waals surface area contributed by atoms with Crippen LogP contribution >= 0.6 is 0 Å². The molecule has 0 unspecified atom stereocenters. The van der Waals surface area contributed by atoms with E-state index >= 15 is 0 Å². The lowest BCUT2D eigenvalue weighted by molar-refractivity contribution is -0.116. The number of amides is 1. The average molecular weight is 230 g/mol. The summed E-state index contributed by atoms with van der Waals surface area (Å²) in [5.41, 5.74) is 3.00. The molecule has 0 aromatic heterocycles. The van der Waals surface area contributed by atoms with Crippen molar-refractivity contribution in [2.24, 2.45) is 11.0 Å². The largest absolute Gasteiger partial charge is 0.272 e. The van der Waals surface area contributed by atoms with E-state index < -0.39 is 0 Å². The summed E-state index contributed by atoms with van der Waals surface area (Å²) >= 11 is 0. The first-order chi connectivity index (χ1) is 8.06. The average Bonchev–Trinajstić information content (AvgIpc) is 2.58. The Balaban J connectivity index is 2.21. The minimum absolute atomic E-state index is 0.0752. The van der Waals surface area contributed by atoms with Gasteiger partial charge in [0.1, 0.15) is 0 Å². The zero-order valence-corrected chi connectivity index (χ0v) is 10.6. The molecule has 1 heterocycles. The molecule has 0 aliphatic carbocycles. The Morgan fingerprint density at radius 1 is 1.41 bits per heavy atom. The lowest BCUT2D eigenvalue weighted by Gasteiger charge is -2.11. The van der Waals surface area contributed by atoms with E-state index in [9.17, 15) is 4.79 Å². The highest BCUT2D eigenvalue weighted by Gasteiger charge is 2.25. The molecule has 1 aliphatic rings. The molecular weight excluding hydrogens is 212 g/mol. The van der Waals surface area contributed by atoms with Crippen LogP contribution in [-0.2, 0) is 4.79 Å². The number of carbonyl (C=O) groups excluding carboxylic acids is 1. The first-order valence-electron chi connectivity index (χ1n) is 6.02. The maximum atomic E-state index is 11.9. The molecule has 1 amide bonds. The summed E-state index contributed by atoms with van der Waals surface area (Å²) in [6, 6.07) is 7.88. The van der Waals surface area contributed by atoms with Crippen LogP contribution in [0.2, 0.25) is 0 Å². The number of rotatable bonds is 3. The lowest BCUT2D eigenvalue weighted by Crippen LogP contribution is -2.19. The SMILES string of the molecule is Cc1cccc(N2N=C(CC(C)C)CC2=O)c1. The van der Waals surface area contributed by atoms with Crippen LogP contribution in [0.15, 0.2) is 29.4 Å². The van der Waals surface area contributed by atoms with Crippen LogP contribution in [0, 0.1) is 12.8 Å². The first-order valence-corrected chi connectivity index (χ1v) is 6.02. The van der Waals surface area contributed by atoms with Crippen molar-refractivity contribution in [2.45, 2.75) is 33.6 Å². The second kappa shape index (κ2) is 4.70. The van der Waals surface area contributed by atoms with Crippen molar-refractivity contribution in [1.29, 1.82) is 0 Å². The van der Waals surface area contributed by atoms with Gasteiger partial charge in [-0.05, 0) is 37.0 Å². The Hall–Kier alpha value is -1.64. The Kier molecular flexibility index (Phi) is 3.27. The molecule has 17 heavy (non-hydrogen) atoms. The number of hydrogen-bond acceptors (Lipinski definition) is 2. The molecule has 0 N–H and O–H groups in total. The zero-order valence-electron chi connectivity index (χ0n) is 10.6. The van der Waals surface area contributed by atoms with E-state index in [1.165, 1.54) is 5.01 Å². The van der Waals surface area contributed by atoms with Gasteiger partial charge in [-0.2, -0.15) is 5.10 Å². The molecule has 0 saturated heterocycles. The summed E-state index contributed by atoms with van der Waals surface area (Å²) < 4.78 is 0. The number of nitrogens with zero attached hydrogens (tertiary/aromatic N) is 2. The molecular formula is C14H18N2O. The summed E-state index contributed by atoms with van der Waals surface area (Å²) in [5, 5.41) is 5.95. The van der Waals surface area contributed by atoms with Crippen molar-refractivity contribution < 1.29 is 4.79 Å². The minimum atomic E-state index is 0.0752. The van der Waals surface area contributed by atoms with Gasteiger partial charge in [-0.15, -0.1) is 0 Å². The third-order valence-electron chi connectivity index (χ3n) is 2.72. The Bertz CT molecular complexity index is 463. The molecule has 0 fully saturated rings. The van der Waals surface area contributed by atoms with Gasteiger partial charge in [0.05, 0.1) is 12.1 Å².